The zero-order valence-corrected chi connectivity index (χ0v) is 12.3. The lowest BCUT2D eigenvalue weighted by Gasteiger charge is -2.09. The monoisotopic (exact) mass is 295 g/mol. The molecule has 0 spiro atoms. The van der Waals surface area contributed by atoms with Crippen molar-refractivity contribution in [1.82, 2.24) is 4.57 Å². The lowest BCUT2D eigenvalue weighted by atomic mass is 10.2. The summed E-state index contributed by atoms with van der Waals surface area (Å²) in [4.78, 5) is 10.7. The van der Waals surface area contributed by atoms with Crippen LogP contribution in [0.4, 0.5) is 0 Å². The quantitative estimate of drug-likeness (QED) is 0.784. The normalized spacial score (nSPS) is 10.8. The third-order valence-corrected chi connectivity index (χ3v) is 3.65. The molecule has 4 heteroatoms. The Morgan fingerprint density at radius 2 is 1.91 bits per heavy atom. The van der Waals surface area contributed by atoms with Gasteiger partial charge in [-0.15, -0.1) is 0 Å². The highest BCUT2D eigenvalue weighted by Gasteiger charge is 2.11. The van der Waals surface area contributed by atoms with Crippen LogP contribution in [0.2, 0.25) is 0 Å². The molecule has 0 atom stereocenters. The minimum atomic E-state index is -0.975. The molecule has 0 aliphatic heterocycles. The Morgan fingerprint density at radius 1 is 1.14 bits per heavy atom. The van der Waals surface area contributed by atoms with E-state index < -0.39 is 5.97 Å². The molecule has 0 amide bonds. The van der Waals surface area contributed by atoms with Crippen LogP contribution in [0, 0.1) is 6.92 Å². The average Bonchev–Trinajstić information content (AvgIpc) is 2.83. The summed E-state index contributed by atoms with van der Waals surface area (Å²) in [5, 5.41) is 9.71. The van der Waals surface area contributed by atoms with Gasteiger partial charge in [-0.2, -0.15) is 0 Å². The molecule has 0 unspecified atom stereocenters. The van der Waals surface area contributed by atoms with Gasteiger partial charge in [-0.05, 0) is 30.7 Å². The molecular weight excluding hydrogens is 278 g/mol. The van der Waals surface area contributed by atoms with Gasteiger partial charge in [0.2, 0.25) is 0 Å². The van der Waals surface area contributed by atoms with E-state index in [0.717, 1.165) is 23.1 Å². The highest BCUT2D eigenvalue weighted by Crippen LogP contribution is 2.29. The fraction of sp³-hybridized carbons (Fsp3) is 0.167. The first-order valence-corrected chi connectivity index (χ1v) is 7.12. The van der Waals surface area contributed by atoms with Crippen LogP contribution in [0.15, 0.2) is 54.6 Å². The maximum Gasteiger partial charge on any atom is 0.341 e. The first-order chi connectivity index (χ1) is 10.6. The fourth-order valence-corrected chi connectivity index (χ4v) is 2.63. The van der Waals surface area contributed by atoms with Gasteiger partial charge < -0.3 is 14.4 Å². The first kappa shape index (κ1) is 14.2. The Morgan fingerprint density at radius 3 is 2.64 bits per heavy atom. The second kappa shape index (κ2) is 5.93. The van der Waals surface area contributed by atoms with Crippen LogP contribution >= 0.6 is 0 Å². The van der Waals surface area contributed by atoms with Gasteiger partial charge in [0.25, 0.3) is 0 Å². The van der Waals surface area contributed by atoms with E-state index >= 15 is 0 Å². The number of aliphatic carboxylic acids is 1. The van der Waals surface area contributed by atoms with Crippen molar-refractivity contribution in [2.24, 2.45) is 0 Å². The second-order valence-corrected chi connectivity index (χ2v) is 5.23. The summed E-state index contributed by atoms with van der Waals surface area (Å²) >= 11 is 0. The molecule has 22 heavy (non-hydrogen) atoms. The van der Waals surface area contributed by atoms with Gasteiger partial charge in [0, 0.05) is 17.6 Å². The molecule has 1 aromatic heterocycles. The van der Waals surface area contributed by atoms with Crippen molar-refractivity contribution in [3.8, 4) is 5.75 Å². The minimum absolute atomic E-state index is 0.331. The summed E-state index contributed by atoms with van der Waals surface area (Å²) in [5.74, 6) is -0.368. The van der Waals surface area contributed by atoms with E-state index in [2.05, 4.69) is 16.7 Å². The Hall–Kier alpha value is -2.75. The van der Waals surface area contributed by atoms with Crippen LogP contribution in [0.3, 0.4) is 0 Å². The van der Waals surface area contributed by atoms with E-state index in [0.29, 0.717) is 5.75 Å². The molecule has 3 aromatic rings. The number of fused-ring (bicyclic) bond motifs is 1. The second-order valence-electron chi connectivity index (χ2n) is 5.23. The number of carbonyl (C=O) groups is 1. The van der Waals surface area contributed by atoms with Crippen molar-refractivity contribution >= 4 is 16.9 Å². The number of hydrogen-bond acceptors (Lipinski definition) is 2. The highest BCUT2D eigenvalue weighted by atomic mass is 16.5. The topological polar surface area (TPSA) is 51.5 Å². The summed E-state index contributed by atoms with van der Waals surface area (Å²) in [6.07, 6.45) is 0. The van der Waals surface area contributed by atoms with Crippen LogP contribution in [0.5, 0.6) is 5.75 Å². The van der Waals surface area contributed by atoms with Crippen LogP contribution in [0.1, 0.15) is 11.3 Å². The third-order valence-electron chi connectivity index (χ3n) is 3.65. The number of rotatable bonds is 5. The van der Waals surface area contributed by atoms with Gasteiger partial charge in [0.15, 0.2) is 6.61 Å². The van der Waals surface area contributed by atoms with E-state index in [1.807, 2.05) is 43.3 Å². The minimum Gasteiger partial charge on any atom is -0.481 e. The van der Waals surface area contributed by atoms with Crippen LogP contribution in [0.25, 0.3) is 10.9 Å². The summed E-state index contributed by atoms with van der Waals surface area (Å²) < 4.78 is 7.59. The van der Waals surface area contributed by atoms with Gasteiger partial charge in [0.1, 0.15) is 5.75 Å². The molecule has 0 aliphatic carbocycles. The van der Waals surface area contributed by atoms with E-state index in [9.17, 15) is 4.79 Å². The number of aromatic nitrogens is 1. The number of ether oxygens (including phenoxy) is 1. The van der Waals surface area contributed by atoms with Crippen LogP contribution in [-0.2, 0) is 11.3 Å². The van der Waals surface area contributed by atoms with Crippen molar-refractivity contribution < 1.29 is 14.6 Å². The maximum absolute atomic E-state index is 10.7. The number of benzene rings is 2. The molecule has 0 saturated carbocycles. The highest BCUT2D eigenvalue weighted by molar-refractivity contribution is 5.88. The Bertz CT molecular complexity index is 806. The molecule has 0 fully saturated rings. The SMILES string of the molecule is Cc1cc2c(OCC(=O)O)cccc2n1Cc1ccccc1. The van der Waals surface area contributed by atoms with Gasteiger partial charge in [-0.3, -0.25) is 0 Å². The van der Waals surface area contributed by atoms with Crippen LogP contribution < -0.4 is 4.74 Å². The molecule has 0 bridgehead atoms. The molecule has 0 radical (unpaired) electrons. The molecule has 1 heterocycles. The third kappa shape index (κ3) is 2.81. The number of aryl methyl sites for hydroxylation is 1. The lowest BCUT2D eigenvalue weighted by Crippen LogP contribution is -2.09. The van der Waals surface area contributed by atoms with E-state index in [4.69, 9.17) is 9.84 Å². The van der Waals surface area contributed by atoms with E-state index in [1.54, 1.807) is 6.07 Å². The first-order valence-electron chi connectivity index (χ1n) is 7.12. The molecule has 0 aliphatic rings. The largest absolute Gasteiger partial charge is 0.481 e. The fourth-order valence-electron chi connectivity index (χ4n) is 2.63. The average molecular weight is 295 g/mol. The van der Waals surface area contributed by atoms with Crippen molar-refractivity contribution in [1.29, 1.82) is 0 Å². The maximum atomic E-state index is 10.7. The van der Waals surface area contributed by atoms with Crippen molar-refractivity contribution in [2.45, 2.75) is 13.5 Å². The molecule has 2 aromatic carbocycles. The summed E-state index contributed by atoms with van der Waals surface area (Å²) in [7, 11) is 0. The number of nitrogens with zero attached hydrogens (tertiary/aromatic N) is 1. The summed E-state index contributed by atoms with van der Waals surface area (Å²) in [6, 6.07) is 18.0. The molecular formula is C18H17NO3. The van der Waals surface area contributed by atoms with Gasteiger partial charge in [-0.25, -0.2) is 4.79 Å². The van der Waals surface area contributed by atoms with Gasteiger partial charge in [0.05, 0.1) is 5.52 Å². The Labute approximate surface area is 128 Å². The number of hydrogen-bond donors (Lipinski definition) is 1. The Balaban J connectivity index is 1.99. The van der Waals surface area contributed by atoms with Crippen molar-refractivity contribution in [3.05, 3.63) is 65.9 Å². The zero-order valence-electron chi connectivity index (χ0n) is 12.3. The molecule has 1 N–H and O–H groups in total. The zero-order chi connectivity index (χ0) is 15.5. The predicted octanol–water partition coefficient (Wildman–Crippen LogP) is 3.46. The molecule has 0 saturated heterocycles. The van der Waals surface area contributed by atoms with Crippen LogP contribution in [-0.4, -0.2) is 22.2 Å². The summed E-state index contributed by atoms with van der Waals surface area (Å²) in [5.41, 5.74) is 3.38. The van der Waals surface area contributed by atoms with Crippen molar-refractivity contribution in [3.63, 3.8) is 0 Å². The standard InChI is InChI=1S/C18H17NO3/c1-13-10-15-16(8-5-9-17(15)22-12-18(20)21)19(13)11-14-6-3-2-4-7-14/h2-10H,11-12H2,1H3,(H,20,21). The van der Waals surface area contributed by atoms with Crippen molar-refractivity contribution in [2.75, 3.05) is 6.61 Å². The molecule has 4 nitrogen and oxygen atoms in total. The van der Waals surface area contributed by atoms with Gasteiger partial charge in [-0.1, -0.05) is 36.4 Å². The molecule has 3 rings (SSSR count). The summed E-state index contributed by atoms with van der Waals surface area (Å²) in [6.45, 7) is 2.49. The smallest absolute Gasteiger partial charge is 0.341 e. The van der Waals surface area contributed by atoms with E-state index in [1.165, 1.54) is 5.56 Å². The predicted molar refractivity (Wildman–Crippen MR) is 85.3 cm³/mol. The Kier molecular flexibility index (Phi) is 3.83. The van der Waals surface area contributed by atoms with E-state index in [-0.39, 0.29) is 6.61 Å². The molecule has 112 valence electrons. The number of carboxylic acid groups (broad SMARTS) is 1. The lowest BCUT2D eigenvalue weighted by molar-refractivity contribution is -0.139. The number of carboxylic acids is 1. The van der Waals surface area contributed by atoms with Gasteiger partial charge >= 0.3 is 5.97 Å².